The van der Waals surface area contributed by atoms with Crippen LogP contribution in [0.4, 0.5) is 16.2 Å². The fourth-order valence-electron chi connectivity index (χ4n) is 3.68. The van der Waals surface area contributed by atoms with Crippen molar-refractivity contribution in [2.75, 3.05) is 10.2 Å². The normalized spacial score (nSPS) is 13.4. The number of aromatic nitrogens is 3. The van der Waals surface area contributed by atoms with Crippen molar-refractivity contribution in [3.63, 3.8) is 0 Å². The number of halogens is 1. The number of nitrogens with one attached hydrogen (secondary N) is 1. The number of benzene rings is 2. The molecule has 0 spiro atoms. The summed E-state index contributed by atoms with van der Waals surface area (Å²) in [5.41, 5.74) is 2.43. The van der Waals surface area contributed by atoms with Crippen LogP contribution in [0.25, 0.3) is 0 Å². The smallest absolute Gasteiger partial charge is 0.313 e. The van der Waals surface area contributed by atoms with Gasteiger partial charge in [-0.15, -0.1) is 10.2 Å². The van der Waals surface area contributed by atoms with Crippen LogP contribution in [0, 0.1) is 6.92 Å². The predicted molar refractivity (Wildman–Crippen MR) is 115 cm³/mol. The van der Waals surface area contributed by atoms with Crippen LogP contribution in [0.5, 0.6) is 0 Å². The van der Waals surface area contributed by atoms with Gasteiger partial charge in [0.05, 0.1) is 17.3 Å². The number of carbonyl (C=O) groups is 1. The van der Waals surface area contributed by atoms with E-state index in [0.29, 0.717) is 17.3 Å². The first kappa shape index (κ1) is 19.5. The van der Waals surface area contributed by atoms with E-state index in [9.17, 15) is 4.79 Å². The van der Waals surface area contributed by atoms with E-state index >= 15 is 0 Å². The molecule has 2 heterocycles. The van der Waals surface area contributed by atoms with Crippen molar-refractivity contribution in [2.45, 2.75) is 45.7 Å². The fraction of sp³-hybridized carbons (Fsp3) is 0.318. The third kappa shape index (κ3) is 4.27. The Kier molecular flexibility index (Phi) is 5.81. The maximum Gasteiger partial charge on any atom is 0.326 e. The highest BCUT2D eigenvalue weighted by atomic mass is 35.5. The maximum atomic E-state index is 13.3. The second kappa shape index (κ2) is 8.66. The van der Waals surface area contributed by atoms with Gasteiger partial charge in [-0.25, -0.2) is 4.79 Å². The Morgan fingerprint density at radius 2 is 1.90 bits per heavy atom. The minimum absolute atomic E-state index is 0.252. The van der Waals surface area contributed by atoms with Gasteiger partial charge in [-0.2, -0.15) is 0 Å². The number of amides is 2. The van der Waals surface area contributed by atoms with Crippen LogP contribution in [0.3, 0.4) is 0 Å². The highest BCUT2D eigenvalue weighted by molar-refractivity contribution is 6.33. The van der Waals surface area contributed by atoms with Gasteiger partial charge >= 0.3 is 6.03 Å². The van der Waals surface area contributed by atoms with E-state index in [1.807, 2.05) is 43.3 Å². The van der Waals surface area contributed by atoms with Gasteiger partial charge in [-0.1, -0.05) is 48.4 Å². The quantitative estimate of drug-likeness (QED) is 0.643. The lowest BCUT2D eigenvalue weighted by Crippen LogP contribution is -2.36. The second-order valence-electron chi connectivity index (χ2n) is 7.28. The first-order chi connectivity index (χ1) is 14.1. The summed E-state index contributed by atoms with van der Waals surface area (Å²) in [4.78, 5) is 15.0. The van der Waals surface area contributed by atoms with E-state index in [0.717, 1.165) is 48.7 Å². The Bertz CT molecular complexity index is 1020. The molecular weight excluding hydrogens is 386 g/mol. The average Bonchev–Trinajstić information content (AvgIpc) is 2.94. The molecule has 0 saturated carbocycles. The zero-order chi connectivity index (χ0) is 20.2. The first-order valence-electron chi connectivity index (χ1n) is 9.93. The zero-order valence-electron chi connectivity index (χ0n) is 16.4. The molecule has 0 fully saturated rings. The molecule has 3 aromatic rings. The monoisotopic (exact) mass is 409 g/mol. The molecule has 4 rings (SSSR count). The molecule has 1 aliphatic rings. The van der Waals surface area contributed by atoms with E-state index in [1.165, 1.54) is 6.42 Å². The van der Waals surface area contributed by atoms with Crippen LogP contribution in [0.1, 0.15) is 36.5 Å². The molecular formula is C22H24ClN5O. The molecule has 0 bridgehead atoms. The van der Waals surface area contributed by atoms with Crippen LogP contribution in [0.2, 0.25) is 5.02 Å². The summed E-state index contributed by atoms with van der Waals surface area (Å²) in [5, 5.41) is 12.2. The molecule has 1 N–H and O–H groups in total. The van der Waals surface area contributed by atoms with Crippen molar-refractivity contribution in [1.82, 2.24) is 14.8 Å². The Balaban J connectivity index is 1.66. The summed E-state index contributed by atoms with van der Waals surface area (Å²) in [6.45, 7) is 3.23. The van der Waals surface area contributed by atoms with Crippen LogP contribution in [0.15, 0.2) is 48.5 Å². The zero-order valence-corrected chi connectivity index (χ0v) is 17.2. The van der Waals surface area contributed by atoms with Crippen molar-refractivity contribution in [3.05, 3.63) is 70.8 Å². The number of anilines is 2. The third-order valence-corrected chi connectivity index (χ3v) is 5.58. The molecule has 6 nitrogen and oxygen atoms in total. The number of hydrogen-bond acceptors (Lipinski definition) is 3. The lowest BCUT2D eigenvalue weighted by Gasteiger charge is -2.25. The largest absolute Gasteiger partial charge is 0.326 e. The minimum Gasteiger partial charge on any atom is -0.313 e. The van der Waals surface area contributed by atoms with Crippen molar-refractivity contribution in [2.24, 2.45) is 0 Å². The molecule has 0 saturated heterocycles. The van der Waals surface area contributed by atoms with E-state index in [1.54, 1.807) is 17.0 Å². The Morgan fingerprint density at radius 1 is 1.10 bits per heavy atom. The fourth-order valence-corrected chi connectivity index (χ4v) is 3.86. The highest BCUT2D eigenvalue weighted by Gasteiger charge is 2.23. The van der Waals surface area contributed by atoms with E-state index < -0.39 is 0 Å². The van der Waals surface area contributed by atoms with E-state index in [2.05, 4.69) is 20.1 Å². The molecule has 2 amide bonds. The summed E-state index contributed by atoms with van der Waals surface area (Å²) < 4.78 is 2.17. The summed E-state index contributed by atoms with van der Waals surface area (Å²) in [6.07, 6.45) is 4.36. The van der Waals surface area contributed by atoms with Gasteiger partial charge in [-0.3, -0.25) is 4.90 Å². The lowest BCUT2D eigenvalue weighted by molar-refractivity contribution is 0.256. The van der Waals surface area contributed by atoms with Crippen LogP contribution in [-0.4, -0.2) is 20.8 Å². The topological polar surface area (TPSA) is 63.1 Å². The van der Waals surface area contributed by atoms with Gasteiger partial charge in [0.2, 0.25) is 0 Å². The van der Waals surface area contributed by atoms with E-state index in [4.69, 9.17) is 11.6 Å². The number of fused-ring (bicyclic) bond motifs is 1. The van der Waals surface area contributed by atoms with Crippen molar-refractivity contribution < 1.29 is 4.79 Å². The third-order valence-electron chi connectivity index (χ3n) is 5.25. The Morgan fingerprint density at radius 3 is 2.72 bits per heavy atom. The standard InChI is InChI=1S/C22H24ClN5O/c1-16-9-4-7-12-19(16)28(22(29)24-18-11-6-5-10-17(18)23)15-21-26-25-20-13-3-2-8-14-27(20)21/h4-7,9-12H,2-3,8,13-15H2,1H3,(H,24,29). The SMILES string of the molecule is Cc1ccccc1N(Cc1nnc2n1CCCCC2)C(=O)Nc1ccccc1Cl. The minimum atomic E-state index is -0.252. The number of rotatable bonds is 4. The number of hydrogen-bond donors (Lipinski definition) is 1. The Hall–Kier alpha value is -2.86. The van der Waals surface area contributed by atoms with Gasteiger partial charge in [0.15, 0.2) is 5.82 Å². The predicted octanol–water partition coefficient (Wildman–Crippen LogP) is 5.21. The summed E-state index contributed by atoms with van der Waals surface area (Å²) in [7, 11) is 0. The summed E-state index contributed by atoms with van der Waals surface area (Å²) >= 11 is 6.25. The lowest BCUT2D eigenvalue weighted by atomic mass is 10.2. The number of nitrogens with zero attached hydrogens (tertiary/aromatic N) is 4. The number of urea groups is 1. The van der Waals surface area contributed by atoms with Crippen LogP contribution in [-0.2, 0) is 19.5 Å². The molecule has 7 heteroatoms. The molecule has 0 radical (unpaired) electrons. The molecule has 0 atom stereocenters. The van der Waals surface area contributed by atoms with Gasteiger partial charge in [-0.05, 0) is 43.5 Å². The van der Waals surface area contributed by atoms with Crippen molar-refractivity contribution in [3.8, 4) is 0 Å². The number of aryl methyl sites for hydroxylation is 2. The Labute approximate surface area is 175 Å². The van der Waals surface area contributed by atoms with Gasteiger partial charge < -0.3 is 9.88 Å². The molecule has 0 aliphatic carbocycles. The summed E-state index contributed by atoms with van der Waals surface area (Å²) in [6, 6.07) is 14.8. The summed E-state index contributed by atoms with van der Waals surface area (Å²) in [5.74, 6) is 1.81. The first-order valence-corrected chi connectivity index (χ1v) is 10.3. The molecule has 0 unspecified atom stereocenters. The van der Waals surface area contributed by atoms with Gasteiger partial charge in [0.1, 0.15) is 5.82 Å². The second-order valence-corrected chi connectivity index (χ2v) is 7.68. The van der Waals surface area contributed by atoms with Crippen molar-refractivity contribution >= 4 is 29.0 Å². The molecule has 150 valence electrons. The number of carbonyl (C=O) groups excluding carboxylic acids is 1. The highest BCUT2D eigenvalue weighted by Crippen LogP contribution is 2.26. The van der Waals surface area contributed by atoms with Crippen LogP contribution >= 0.6 is 11.6 Å². The average molecular weight is 410 g/mol. The van der Waals surface area contributed by atoms with Crippen LogP contribution < -0.4 is 10.2 Å². The molecule has 1 aromatic heterocycles. The molecule has 1 aliphatic heterocycles. The van der Waals surface area contributed by atoms with Gasteiger partial charge in [0, 0.05) is 18.7 Å². The van der Waals surface area contributed by atoms with Gasteiger partial charge in [0.25, 0.3) is 0 Å². The van der Waals surface area contributed by atoms with E-state index in [-0.39, 0.29) is 6.03 Å². The maximum absolute atomic E-state index is 13.3. The number of para-hydroxylation sites is 2. The molecule has 29 heavy (non-hydrogen) atoms. The van der Waals surface area contributed by atoms with Crippen molar-refractivity contribution in [1.29, 1.82) is 0 Å². The molecule has 2 aromatic carbocycles.